The normalized spacial score (nSPS) is 10.6. The van der Waals surface area contributed by atoms with Crippen molar-refractivity contribution < 1.29 is 20.1 Å². The van der Waals surface area contributed by atoms with E-state index in [-0.39, 0.29) is 20.1 Å². The van der Waals surface area contributed by atoms with Crippen LogP contribution in [0.2, 0.25) is 0 Å². The van der Waals surface area contributed by atoms with Crippen molar-refractivity contribution in [2.45, 2.75) is 34.6 Å². The number of hydrogen-bond acceptors (Lipinski definition) is 3. The molecule has 6 rings (SSSR count). The van der Waals surface area contributed by atoms with E-state index >= 15 is 0 Å². The average molecular weight is 672 g/mol. The Morgan fingerprint density at radius 1 is 0.684 bits per heavy atom. The molecule has 0 unspecified atom stereocenters. The van der Waals surface area contributed by atoms with E-state index in [4.69, 9.17) is 4.98 Å². The molecule has 0 aliphatic rings. The molecule has 0 aliphatic heterocycles. The van der Waals surface area contributed by atoms with Crippen molar-refractivity contribution in [3.8, 4) is 22.6 Å². The van der Waals surface area contributed by atoms with Crippen LogP contribution >= 0.6 is 0 Å². The maximum atomic E-state index is 4.84. The fraction of sp³-hybridized carbons (Fsp3) is 0.147. The summed E-state index contributed by atoms with van der Waals surface area (Å²) in [5.41, 5.74) is 10.3. The van der Waals surface area contributed by atoms with Gasteiger partial charge >= 0.3 is 0 Å². The molecule has 0 saturated heterocycles. The van der Waals surface area contributed by atoms with Crippen molar-refractivity contribution in [1.82, 2.24) is 15.0 Å². The standard InChI is InChI=1S/C21H17N2.C13H12N.Ir/c1-13-10-18-15(3)9-17-12-22-21(16-7-5-4-6-8-16)23-20(17)19(18)11-14(13)2;1-10-7-11(2)9-12(8-10)13-5-3-4-6-14-13;/h4-7,9-12H,1-3H3;3-8H,1-2H3;/q2*-1;. The summed E-state index contributed by atoms with van der Waals surface area (Å²) in [6.07, 6.45) is 3.72. The smallest absolute Gasteiger partial charge is 0.0756 e. The molecule has 2 heterocycles. The molecule has 0 amide bonds. The number of fused-ring (bicyclic) bond motifs is 3. The molecule has 0 spiro atoms. The van der Waals surface area contributed by atoms with Crippen LogP contribution in [0.1, 0.15) is 27.8 Å². The van der Waals surface area contributed by atoms with E-state index in [1.807, 2.05) is 48.7 Å². The van der Waals surface area contributed by atoms with E-state index < -0.39 is 0 Å². The Bertz CT molecular complexity index is 1690. The van der Waals surface area contributed by atoms with Crippen LogP contribution in [0.4, 0.5) is 0 Å². The van der Waals surface area contributed by atoms with E-state index in [1.165, 1.54) is 33.0 Å². The van der Waals surface area contributed by atoms with Gasteiger partial charge in [0.25, 0.3) is 0 Å². The molecule has 38 heavy (non-hydrogen) atoms. The summed E-state index contributed by atoms with van der Waals surface area (Å²) >= 11 is 0. The summed E-state index contributed by atoms with van der Waals surface area (Å²) in [7, 11) is 0. The SMILES string of the molecule is Cc1[c-]c(-c2ccccn2)cc(C)c1.Cc1cc2c(C)cc3cnc(-c4[c-]cccc4)nc3c2cc1C.[Ir]. The van der Waals surface area contributed by atoms with Gasteiger partial charge in [0.05, 0.1) is 11.3 Å². The van der Waals surface area contributed by atoms with Crippen LogP contribution in [0.5, 0.6) is 0 Å². The van der Waals surface area contributed by atoms with Crippen LogP contribution in [0.15, 0.2) is 85.2 Å². The summed E-state index contributed by atoms with van der Waals surface area (Å²) < 4.78 is 0. The van der Waals surface area contributed by atoms with Crippen molar-refractivity contribution in [2.24, 2.45) is 0 Å². The molecular formula is C34H29IrN3-2. The molecule has 0 atom stereocenters. The molecule has 4 heteroatoms. The van der Waals surface area contributed by atoms with Gasteiger partial charge in [0.2, 0.25) is 0 Å². The molecular weight excluding hydrogens is 643 g/mol. The maximum absolute atomic E-state index is 4.84. The van der Waals surface area contributed by atoms with Gasteiger partial charge in [0, 0.05) is 43.3 Å². The van der Waals surface area contributed by atoms with Gasteiger partial charge in [-0.3, -0.25) is 9.97 Å². The predicted octanol–water partition coefficient (Wildman–Crippen LogP) is 8.34. The first-order valence-corrected chi connectivity index (χ1v) is 12.5. The monoisotopic (exact) mass is 672 g/mol. The molecule has 0 fully saturated rings. The molecule has 2 aromatic heterocycles. The van der Waals surface area contributed by atoms with Crippen molar-refractivity contribution in [3.63, 3.8) is 0 Å². The molecule has 0 bridgehead atoms. The number of nitrogens with zero attached hydrogens (tertiary/aromatic N) is 3. The summed E-state index contributed by atoms with van der Waals surface area (Å²) in [6, 6.07) is 31.2. The van der Waals surface area contributed by atoms with E-state index in [9.17, 15) is 0 Å². The van der Waals surface area contributed by atoms with Crippen LogP contribution in [0, 0.1) is 46.8 Å². The zero-order chi connectivity index (χ0) is 25.9. The molecule has 1 radical (unpaired) electrons. The molecule has 3 nitrogen and oxygen atoms in total. The number of pyridine rings is 1. The van der Waals surface area contributed by atoms with E-state index in [0.29, 0.717) is 0 Å². The van der Waals surface area contributed by atoms with Crippen molar-refractivity contribution in [2.75, 3.05) is 0 Å². The van der Waals surface area contributed by atoms with E-state index in [0.717, 1.165) is 39.1 Å². The summed E-state index contributed by atoms with van der Waals surface area (Å²) in [6.45, 7) is 10.6. The molecule has 6 aromatic rings. The van der Waals surface area contributed by atoms with Gasteiger partial charge in [-0.05, 0) is 66.7 Å². The van der Waals surface area contributed by atoms with Gasteiger partial charge in [-0.2, -0.15) is 0 Å². The van der Waals surface area contributed by atoms with Crippen LogP contribution < -0.4 is 0 Å². The zero-order valence-corrected chi connectivity index (χ0v) is 24.7. The maximum Gasteiger partial charge on any atom is 0.0756 e. The van der Waals surface area contributed by atoms with Gasteiger partial charge < -0.3 is 4.98 Å². The quantitative estimate of drug-likeness (QED) is 0.137. The van der Waals surface area contributed by atoms with Crippen LogP contribution in [-0.2, 0) is 20.1 Å². The second kappa shape index (κ2) is 11.8. The summed E-state index contributed by atoms with van der Waals surface area (Å²) in [5.74, 6) is 0.724. The minimum Gasteiger partial charge on any atom is -0.305 e. The third-order valence-electron chi connectivity index (χ3n) is 6.54. The first-order valence-electron chi connectivity index (χ1n) is 12.5. The Morgan fingerprint density at radius 3 is 2.13 bits per heavy atom. The van der Waals surface area contributed by atoms with Crippen molar-refractivity contribution >= 4 is 21.7 Å². The van der Waals surface area contributed by atoms with Crippen LogP contribution in [0.3, 0.4) is 0 Å². The fourth-order valence-corrected chi connectivity index (χ4v) is 4.58. The first kappa shape index (κ1) is 27.3. The fourth-order valence-electron chi connectivity index (χ4n) is 4.58. The van der Waals surface area contributed by atoms with Gasteiger partial charge in [-0.1, -0.05) is 32.0 Å². The van der Waals surface area contributed by atoms with Gasteiger partial charge in [-0.15, -0.1) is 70.8 Å². The largest absolute Gasteiger partial charge is 0.305 e. The second-order valence-corrected chi connectivity index (χ2v) is 9.55. The Labute approximate surface area is 238 Å². The van der Waals surface area contributed by atoms with E-state index in [1.54, 1.807) is 6.20 Å². The predicted molar refractivity (Wildman–Crippen MR) is 154 cm³/mol. The van der Waals surface area contributed by atoms with E-state index in [2.05, 4.69) is 87.1 Å². The number of aromatic nitrogens is 3. The summed E-state index contributed by atoms with van der Waals surface area (Å²) in [4.78, 5) is 13.7. The number of aryl methyl sites for hydroxylation is 5. The molecule has 0 saturated carbocycles. The van der Waals surface area contributed by atoms with Crippen LogP contribution in [-0.4, -0.2) is 15.0 Å². The van der Waals surface area contributed by atoms with Crippen LogP contribution in [0.25, 0.3) is 44.3 Å². The number of rotatable bonds is 2. The summed E-state index contributed by atoms with van der Waals surface area (Å²) in [5, 5.41) is 3.54. The minimum atomic E-state index is 0. The second-order valence-electron chi connectivity index (χ2n) is 9.55. The number of hydrogen-bond donors (Lipinski definition) is 0. The van der Waals surface area contributed by atoms with Crippen molar-refractivity contribution in [3.05, 3.63) is 125 Å². The van der Waals surface area contributed by atoms with Gasteiger partial charge in [0.15, 0.2) is 0 Å². The van der Waals surface area contributed by atoms with Crippen molar-refractivity contribution in [1.29, 1.82) is 0 Å². The zero-order valence-electron chi connectivity index (χ0n) is 22.3. The molecule has 0 aliphatic carbocycles. The third kappa shape index (κ3) is 5.88. The molecule has 4 aromatic carbocycles. The Hall–Kier alpha value is -3.72. The number of benzene rings is 4. The Kier molecular flexibility index (Phi) is 8.46. The first-order chi connectivity index (χ1) is 17.9. The molecule has 191 valence electrons. The average Bonchev–Trinajstić information content (AvgIpc) is 2.91. The third-order valence-corrected chi connectivity index (χ3v) is 6.54. The Morgan fingerprint density at radius 2 is 1.45 bits per heavy atom. The Balaban J connectivity index is 0.000000193. The minimum absolute atomic E-state index is 0. The van der Waals surface area contributed by atoms with Gasteiger partial charge in [-0.25, -0.2) is 0 Å². The van der Waals surface area contributed by atoms with Gasteiger partial charge in [0.1, 0.15) is 0 Å². The molecule has 0 N–H and O–H groups in total. The topological polar surface area (TPSA) is 38.7 Å².